The smallest absolute Gasteiger partial charge is 0.135 e. The number of hydrogen-bond donors (Lipinski definition) is 1. The molecule has 1 aromatic carbocycles. The van der Waals surface area contributed by atoms with Crippen LogP contribution in [0, 0.1) is 0 Å². The van der Waals surface area contributed by atoms with Gasteiger partial charge in [0.25, 0.3) is 0 Å². The summed E-state index contributed by atoms with van der Waals surface area (Å²) < 4.78 is 2.69. The van der Waals surface area contributed by atoms with E-state index in [1.807, 2.05) is 28.9 Å². The molecule has 1 aromatic heterocycles. The third-order valence-electron chi connectivity index (χ3n) is 2.54. The zero-order chi connectivity index (χ0) is 12.8. The highest BCUT2D eigenvalue weighted by molar-refractivity contribution is 8.22. The predicted octanol–water partition coefficient (Wildman–Crippen LogP) is 2.80. The van der Waals surface area contributed by atoms with Crippen molar-refractivity contribution in [3.63, 3.8) is 0 Å². The molecule has 0 spiro atoms. The summed E-state index contributed by atoms with van der Waals surface area (Å²) >= 11 is 6.83. The van der Waals surface area contributed by atoms with E-state index in [2.05, 4.69) is 22.6 Å². The number of fused-ring (bicyclic) bond motifs is 1. The Hall–Kier alpha value is -1.14. The summed E-state index contributed by atoms with van der Waals surface area (Å²) in [4.78, 5) is 0. The molecule has 96 valence electrons. The van der Waals surface area contributed by atoms with Crippen LogP contribution < -0.4 is 5.32 Å². The van der Waals surface area contributed by atoms with Gasteiger partial charge >= 0.3 is 0 Å². The van der Waals surface area contributed by atoms with Gasteiger partial charge in [-0.05, 0) is 18.6 Å². The molecule has 2 aromatic rings. The molecule has 1 heterocycles. The van der Waals surface area contributed by atoms with Crippen LogP contribution in [0.25, 0.3) is 11.0 Å². The number of rotatable bonds is 5. The lowest BCUT2D eigenvalue weighted by atomic mass is 10.3. The van der Waals surface area contributed by atoms with Crippen molar-refractivity contribution in [3.05, 3.63) is 24.3 Å². The van der Waals surface area contributed by atoms with E-state index in [-0.39, 0.29) is 0 Å². The van der Waals surface area contributed by atoms with Crippen LogP contribution in [-0.4, -0.2) is 25.9 Å². The van der Waals surface area contributed by atoms with Gasteiger partial charge in [-0.2, -0.15) is 0 Å². The fourth-order valence-electron chi connectivity index (χ4n) is 1.55. The van der Waals surface area contributed by atoms with Gasteiger partial charge in [-0.1, -0.05) is 54.7 Å². The molecule has 0 saturated heterocycles. The fourth-order valence-corrected chi connectivity index (χ4v) is 2.45. The largest absolute Gasteiger partial charge is 0.371 e. The van der Waals surface area contributed by atoms with Crippen LogP contribution in [0.4, 0.5) is 0 Å². The van der Waals surface area contributed by atoms with Gasteiger partial charge < -0.3 is 5.32 Å². The monoisotopic (exact) mass is 280 g/mol. The number of hydrogen-bond acceptors (Lipinski definition) is 4. The first kappa shape index (κ1) is 13.3. The van der Waals surface area contributed by atoms with Crippen molar-refractivity contribution in [1.29, 1.82) is 0 Å². The summed E-state index contributed by atoms with van der Waals surface area (Å²) in [5, 5.41) is 11.5. The second-order valence-corrected chi connectivity index (χ2v) is 5.54. The third-order valence-corrected chi connectivity index (χ3v) is 3.82. The van der Waals surface area contributed by atoms with E-state index in [4.69, 9.17) is 12.2 Å². The second kappa shape index (κ2) is 6.70. The SMILES string of the molecule is CCCCNC(=S)SCn1nnc2ccccc21. The van der Waals surface area contributed by atoms with Crippen molar-refractivity contribution in [1.82, 2.24) is 20.3 Å². The minimum Gasteiger partial charge on any atom is -0.371 e. The molecule has 0 saturated carbocycles. The van der Waals surface area contributed by atoms with Gasteiger partial charge in [0, 0.05) is 6.54 Å². The standard InChI is InChI=1S/C12H16N4S2/c1-2-3-8-13-12(17)18-9-16-11-7-5-4-6-10(11)14-15-16/h4-7H,2-3,8-9H2,1H3,(H,13,17). The molecule has 0 aliphatic heterocycles. The fraction of sp³-hybridized carbons (Fsp3) is 0.417. The average Bonchev–Trinajstić information content (AvgIpc) is 2.80. The van der Waals surface area contributed by atoms with Gasteiger partial charge in [-0.3, -0.25) is 0 Å². The zero-order valence-corrected chi connectivity index (χ0v) is 11.9. The van der Waals surface area contributed by atoms with Crippen LogP contribution in [-0.2, 0) is 5.88 Å². The topological polar surface area (TPSA) is 42.7 Å². The quantitative estimate of drug-likeness (QED) is 0.674. The van der Waals surface area contributed by atoms with Gasteiger partial charge in [0.15, 0.2) is 0 Å². The average molecular weight is 280 g/mol. The van der Waals surface area contributed by atoms with E-state index < -0.39 is 0 Å². The number of thioether (sulfide) groups is 1. The Bertz CT molecular complexity index is 524. The van der Waals surface area contributed by atoms with Crippen LogP contribution in [0.1, 0.15) is 19.8 Å². The summed E-state index contributed by atoms with van der Waals surface area (Å²) in [6.45, 7) is 3.11. The summed E-state index contributed by atoms with van der Waals surface area (Å²) in [5.41, 5.74) is 1.96. The van der Waals surface area contributed by atoms with E-state index in [0.717, 1.165) is 28.3 Å². The van der Waals surface area contributed by atoms with Crippen molar-refractivity contribution in [2.75, 3.05) is 6.54 Å². The molecule has 2 rings (SSSR count). The summed E-state index contributed by atoms with van der Waals surface area (Å²) in [5.74, 6) is 0.693. The first-order valence-electron chi connectivity index (χ1n) is 6.00. The Labute approximate surface area is 116 Å². The maximum absolute atomic E-state index is 5.25. The van der Waals surface area contributed by atoms with Crippen molar-refractivity contribution >= 4 is 39.3 Å². The molecular weight excluding hydrogens is 264 g/mol. The van der Waals surface area contributed by atoms with Crippen LogP contribution in [0.15, 0.2) is 24.3 Å². The molecule has 18 heavy (non-hydrogen) atoms. The normalized spacial score (nSPS) is 10.7. The van der Waals surface area contributed by atoms with Crippen LogP contribution in [0.2, 0.25) is 0 Å². The van der Waals surface area contributed by atoms with E-state index in [1.165, 1.54) is 6.42 Å². The van der Waals surface area contributed by atoms with Gasteiger partial charge in [-0.25, -0.2) is 4.68 Å². The predicted molar refractivity (Wildman–Crippen MR) is 80.6 cm³/mol. The van der Waals surface area contributed by atoms with Gasteiger partial charge in [-0.15, -0.1) is 5.10 Å². The number of thiocarbonyl (C=S) groups is 1. The Kier molecular flexibility index (Phi) is 4.95. The second-order valence-electron chi connectivity index (χ2n) is 3.92. The lowest BCUT2D eigenvalue weighted by Crippen LogP contribution is -2.20. The summed E-state index contributed by atoms with van der Waals surface area (Å²) in [6.07, 6.45) is 2.32. The molecule has 4 nitrogen and oxygen atoms in total. The molecule has 1 N–H and O–H groups in total. The van der Waals surface area contributed by atoms with Gasteiger partial charge in [0.05, 0.1) is 11.4 Å². The zero-order valence-electron chi connectivity index (χ0n) is 10.3. The maximum Gasteiger partial charge on any atom is 0.135 e. The first-order chi connectivity index (χ1) is 8.81. The van der Waals surface area contributed by atoms with Crippen LogP contribution in [0.5, 0.6) is 0 Å². The maximum atomic E-state index is 5.25. The van der Waals surface area contributed by atoms with Crippen LogP contribution >= 0.6 is 24.0 Å². The molecule has 0 radical (unpaired) electrons. The van der Waals surface area contributed by atoms with E-state index >= 15 is 0 Å². The van der Waals surface area contributed by atoms with E-state index in [1.54, 1.807) is 11.8 Å². The number of para-hydroxylation sites is 1. The summed E-state index contributed by atoms with van der Waals surface area (Å²) in [7, 11) is 0. The number of nitrogens with one attached hydrogen (secondary N) is 1. The van der Waals surface area contributed by atoms with Gasteiger partial charge in [0.1, 0.15) is 9.84 Å². The Morgan fingerprint density at radius 3 is 3.11 bits per heavy atom. The van der Waals surface area contributed by atoms with Crippen molar-refractivity contribution < 1.29 is 0 Å². The van der Waals surface area contributed by atoms with Gasteiger partial charge in [0.2, 0.25) is 0 Å². The lowest BCUT2D eigenvalue weighted by Gasteiger charge is -2.06. The number of aromatic nitrogens is 3. The Balaban J connectivity index is 1.88. The number of nitrogens with zero attached hydrogens (tertiary/aromatic N) is 3. The van der Waals surface area contributed by atoms with Crippen LogP contribution in [0.3, 0.4) is 0 Å². The molecule has 0 aliphatic rings. The molecular formula is C12H16N4S2. The van der Waals surface area contributed by atoms with E-state index in [9.17, 15) is 0 Å². The number of unbranched alkanes of at least 4 members (excludes halogenated alkanes) is 1. The van der Waals surface area contributed by atoms with E-state index in [0.29, 0.717) is 5.88 Å². The highest BCUT2D eigenvalue weighted by Crippen LogP contribution is 2.13. The van der Waals surface area contributed by atoms with Crippen molar-refractivity contribution in [2.45, 2.75) is 25.6 Å². The Morgan fingerprint density at radius 2 is 2.28 bits per heavy atom. The molecule has 0 fully saturated rings. The third kappa shape index (κ3) is 3.43. The molecule has 0 unspecified atom stereocenters. The highest BCUT2D eigenvalue weighted by atomic mass is 32.2. The molecule has 0 atom stereocenters. The lowest BCUT2D eigenvalue weighted by molar-refractivity contribution is 0.723. The molecule has 0 aliphatic carbocycles. The summed E-state index contributed by atoms with van der Waals surface area (Å²) in [6, 6.07) is 7.93. The first-order valence-corrected chi connectivity index (χ1v) is 7.39. The number of benzene rings is 1. The van der Waals surface area contributed by atoms with Crippen molar-refractivity contribution in [3.8, 4) is 0 Å². The minimum atomic E-state index is 0.693. The minimum absolute atomic E-state index is 0.693. The molecule has 0 bridgehead atoms. The molecule has 0 amide bonds. The highest BCUT2D eigenvalue weighted by Gasteiger charge is 2.04. The molecule has 6 heteroatoms. The van der Waals surface area contributed by atoms with Crippen molar-refractivity contribution in [2.24, 2.45) is 0 Å². The Morgan fingerprint density at radius 1 is 1.44 bits per heavy atom.